The van der Waals surface area contributed by atoms with Crippen LogP contribution in [0, 0.1) is 45.3 Å². The normalized spacial score (nSPS) is 49.4. The van der Waals surface area contributed by atoms with Gasteiger partial charge >= 0.3 is 0 Å². The molecule has 2 nitrogen and oxygen atoms in total. The molecule has 0 aromatic carbocycles. The lowest BCUT2D eigenvalue weighted by molar-refractivity contribution is -0.225. The Bertz CT molecular complexity index is 746. The predicted octanol–water partition coefficient (Wildman–Crippen LogP) is 7.53. The molecular formula is C30H52O2. The zero-order valence-electron chi connectivity index (χ0n) is 22.4. The van der Waals surface area contributed by atoms with Crippen molar-refractivity contribution in [2.45, 2.75) is 131 Å². The van der Waals surface area contributed by atoms with Gasteiger partial charge in [-0.25, -0.2) is 0 Å². The second-order valence-corrected chi connectivity index (χ2v) is 14.4. The molecule has 0 heterocycles. The van der Waals surface area contributed by atoms with E-state index in [0.29, 0.717) is 34.0 Å². The minimum atomic E-state index is -0.560. The number of fused-ring (bicyclic) bond motifs is 5. The highest BCUT2D eigenvalue weighted by molar-refractivity contribution is 5.18. The Morgan fingerprint density at radius 1 is 0.875 bits per heavy atom. The van der Waals surface area contributed by atoms with Crippen LogP contribution in [0.2, 0.25) is 0 Å². The fourth-order valence-electron chi connectivity index (χ4n) is 10.3. The summed E-state index contributed by atoms with van der Waals surface area (Å²) < 4.78 is 0. The molecule has 4 rings (SSSR count). The molecule has 0 aromatic rings. The van der Waals surface area contributed by atoms with E-state index in [4.69, 9.17) is 0 Å². The summed E-state index contributed by atoms with van der Waals surface area (Å²) in [6, 6.07) is 0. The molecule has 9 atom stereocenters. The molecule has 0 unspecified atom stereocenters. The van der Waals surface area contributed by atoms with Crippen LogP contribution < -0.4 is 0 Å². The Hall–Kier alpha value is -0.340. The standard InChI is InChI=1S/C30H52O2/c1-20(2)10-9-16-30(8,32)22-13-18-28(6)21(22)11-12-24-27(5)17-15-25(31)26(3,4)23(27)14-19-29(24,28)7/h10,21-25,31-32H,9,11-19H2,1-8H3/t21-,22+,23-,24-,25+,27+,28-,29-,30+/m1/s1. The van der Waals surface area contributed by atoms with Crippen molar-refractivity contribution in [2.24, 2.45) is 45.3 Å². The zero-order valence-corrected chi connectivity index (χ0v) is 22.4. The third kappa shape index (κ3) is 3.40. The average Bonchev–Trinajstić information content (AvgIpc) is 3.04. The topological polar surface area (TPSA) is 40.5 Å². The van der Waals surface area contributed by atoms with Crippen molar-refractivity contribution in [3.05, 3.63) is 11.6 Å². The van der Waals surface area contributed by atoms with Crippen molar-refractivity contribution in [3.63, 3.8) is 0 Å². The fourth-order valence-corrected chi connectivity index (χ4v) is 10.3. The third-order valence-corrected chi connectivity index (χ3v) is 12.4. The largest absolute Gasteiger partial charge is 0.393 e. The summed E-state index contributed by atoms with van der Waals surface area (Å²) in [6.45, 7) is 19.0. The minimum Gasteiger partial charge on any atom is -0.393 e. The van der Waals surface area contributed by atoms with Gasteiger partial charge in [0.05, 0.1) is 11.7 Å². The molecule has 184 valence electrons. The van der Waals surface area contributed by atoms with Crippen LogP contribution in [0.3, 0.4) is 0 Å². The maximum atomic E-state index is 11.6. The molecule has 4 aliphatic rings. The zero-order chi connectivity index (χ0) is 23.7. The van der Waals surface area contributed by atoms with Gasteiger partial charge in [-0.15, -0.1) is 0 Å². The van der Waals surface area contributed by atoms with E-state index in [-0.39, 0.29) is 11.5 Å². The molecule has 0 bridgehead atoms. The summed E-state index contributed by atoms with van der Waals surface area (Å²) in [5.74, 6) is 2.45. The second kappa shape index (κ2) is 7.84. The van der Waals surface area contributed by atoms with Gasteiger partial charge in [-0.1, -0.05) is 46.3 Å². The van der Waals surface area contributed by atoms with Crippen molar-refractivity contribution >= 4 is 0 Å². The molecule has 0 aliphatic heterocycles. The van der Waals surface area contributed by atoms with Gasteiger partial charge < -0.3 is 10.2 Å². The summed E-state index contributed by atoms with van der Waals surface area (Å²) in [4.78, 5) is 0. The van der Waals surface area contributed by atoms with Crippen molar-refractivity contribution in [1.29, 1.82) is 0 Å². The Morgan fingerprint density at radius 2 is 1.53 bits per heavy atom. The molecule has 4 fully saturated rings. The van der Waals surface area contributed by atoms with Crippen molar-refractivity contribution in [1.82, 2.24) is 0 Å². The van der Waals surface area contributed by atoms with E-state index in [0.717, 1.165) is 25.2 Å². The highest BCUT2D eigenvalue weighted by atomic mass is 16.3. The van der Waals surface area contributed by atoms with Crippen LogP contribution in [0.15, 0.2) is 11.6 Å². The Kier molecular flexibility index (Phi) is 6.07. The number of hydrogen-bond donors (Lipinski definition) is 2. The molecule has 0 aromatic heterocycles. The molecule has 4 aliphatic carbocycles. The third-order valence-electron chi connectivity index (χ3n) is 12.4. The second-order valence-electron chi connectivity index (χ2n) is 14.4. The van der Waals surface area contributed by atoms with Crippen LogP contribution in [0.25, 0.3) is 0 Å². The number of rotatable bonds is 4. The molecule has 32 heavy (non-hydrogen) atoms. The van der Waals surface area contributed by atoms with Gasteiger partial charge in [0, 0.05) is 0 Å². The number of aliphatic hydroxyl groups is 2. The Morgan fingerprint density at radius 3 is 2.19 bits per heavy atom. The van der Waals surface area contributed by atoms with E-state index in [1.807, 2.05) is 0 Å². The van der Waals surface area contributed by atoms with Crippen LogP contribution in [-0.2, 0) is 0 Å². The van der Waals surface area contributed by atoms with E-state index < -0.39 is 5.60 Å². The van der Waals surface area contributed by atoms with Crippen molar-refractivity contribution in [2.75, 3.05) is 0 Å². The van der Waals surface area contributed by atoms with E-state index in [1.165, 1.54) is 50.5 Å². The summed E-state index contributed by atoms with van der Waals surface area (Å²) >= 11 is 0. The summed E-state index contributed by atoms with van der Waals surface area (Å²) in [5, 5.41) is 22.5. The van der Waals surface area contributed by atoms with E-state index in [9.17, 15) is 10.2 Å². The van der Waals surface area contributed by atoms with Crippen LogP contribution in [-0.4, -0.2) is 21.9 Å². The van der Waals surface area contributed by atoms with Gasteiger partial charge in [0.1, 0.15) is 0 Å². The lowest BCUT2D eigenvalue weighted by Crippen LogP contribution is -2.64. The van der Waals surface area contributed by atoms with E-state index >= 15 is 0 Å². The first-order chi connectivity index (χ1) is 14.7. The smallest absolute Gasteiger partial charge is 0.0653 e. The molecule has 0 spiro atoms. The summed E-state index contributed by atoms with van der Waals surface area (Å²) in [6.07, 6.45) is 13.8. The van der Waals surface area contributed by atoms with E-state index in [2.05, 4.69) is 61.5 Å². The molecular weight excluding hydrogens is 392 g/mol. The maximum Gasteiger partial charge on any atom is 0.0653 e. The SMILES string of the molecule is CC(C)=CCC[C@](C)(O)[C@H]1CC[C@]2(C)[C@@H]1CC[C@@H]1[C@@]3(C)CC[C@H](O)C(C)(C)[C@H]3CC[C@]12C. The van der Waals surface area contributed by atoms with Crippen molar-refractivity contribution in [3.8, 4) is 0 Å². The van der Waals surface area contributed by atoms with Gasteiger partial charge in [-0.3, -0.25) is 0 Å². The minimum absolute atomic E-state index is 0.0267. The predicted molar refractivity (Wildman–Crippen MR) is 134 cm³/mol. The lowest BCUT2D eigenvalue weighted by atomic mass is 9.35. The monoisotopic (exact) mass is 444 g/mol. The first kappa shape index (κ1) is 24.8. The Labute approximate surface area is 198 Å². The lowest BCUT2D eigenvalue weighted by Gasteiger charge is -2.70. The first-order valence-electron chi connectivity index (χ1n) is 13.7. The van der Waals surface area contributed by atoms with Gasteiger partial charge in [-0.2, -0.15) is 0 Å². The first-order valence-corrected chi connectivity index (χ1v) is 13.7. The highest BCUT2D eigenvalue weighted by Crippen LogP contribution is 2.75. The molecule has 2 N–H and O–H groups in total. The van der Waals surface area contributed by atoms with Crippen LogP contribution in [0.5, 0.6) is 0 Å². The molecule has 0 saturated heterocycles. The fraction of sp³-hybridized carbons (Fsp3) is 0.933. The number of aliphatic hydroxyl groups excluding tert-OH is 1. The van der Waals surface area contributed by atoms with Crippen LogP contribution >= 0.6 is 0 Å². The van der Waals surface area contributed by atoms with Gasteiger partial charge in [0.2, 0.25) is 0 Å². The van der Waals surface area contributed by atoms with Crippen LogP contribution in [0.4, 0.5) is 0 Å². The van der Waals surface area contributed by atoms with Crippen molar-refractivity contribution < 1.29 is 10.2 Å². The molecule has 0 amide bonds. The molecule has 4 saturated carbocycles. The average molecular weight is 445 g/mol. The molecule has 2 heteroatoms. The summed E-state index contributed by atoms with van der Waals surface area (Å²) in [7, 11) is 0. The maximum absolute atomic E-state index is 11.6. The number of hydrogen-bond acceptors (Lipinski definition) is 2. The summed E-state index contributed by atoms with van der Waals surface area (Å²) in [5.41, 5.74) is 1.84. The molecule has 0 radical (unpaired) electrons. The van der Waals surface area contributed by atoms with Gasteiger partial charge in [0.15, 0.2) is 0 Å². The Balaban J connectivity index is 1.61. The van der Waals surface area contributed by atoms with Crippen LogP contribution in [0.1, 0.15) is 120 Å². The number of allylic oxidation sites excluding steroid dienone is 2. The van der Waals surface area contributed by atoms with Gasteiger partial charge in [-0.05, 0) is 130 Å². The quantitative estimate of drug-likeness (QED) is 0.440. The van der Waals surface area contributed by atoms with E-state index in [1.54, 1.807) is 0 Å². The van der Waals surface area contributed by atoms with Gasteiger partial charge in [0.25, 0.3) is 0 Å². The highest BCUT2D eigenvalue weighted by Gasteiger charge is 2.69.